The third-order valence-electron chi connectivity index (χ3n) is 5.24. The summed E-state index contributed by atoms with van der Waals surface area (Å²) >= 11 is 0. The number of aromatic nitrogens is 1. The van der Waals surface area contributed by atoms with Crippen LogP contribution in [-0.4, -0.2) is 4.98 Å². The van der Waals surface area contributed by atoms with E-state index in [-0.39, 0.29) is 5.63 Å². The van der Waals surface area contributed by atoms with Crippen molar-refractivity contribution in [3.05, 3.63) is 106 Å². The normalized spacial score (nSPS) is 11.3. The molecule has 28 heavy (non-hydrogen) atoms. The molecular formula is C25H19NO2. The summed E-state index contributed by atoms with van der Waals surface area (Å²) in [4.78, 5) is 15.7. The van der Waals surface area contributed by atoms with Crippen LogP contribution in [0.4, 0.5) is 0 Å². The minimum absolute atomic E-state index is 0.317. The van der Waals surface area contributed by atoms with Crippen molar-refractivity contribution in [1.29, 1.82) is 0 Å². The minimum Gasteiger partial charge on any atom is -0.422 e. The standard InChI is InChI=1S/C25H19NO2/c1-16-14-22(27)28-25-19(16)12-13-20-24(25)23(18-10-6-3-7-11-18)21(26-20)15-17-8-4-2-5-9-17/h2-14,26H,15H2,1H3. The van der Waals surface area contributed by atoms with Gasteiger partial charge in [-0.1, -0.05) is 60.7 Å². The number of hydrogen-bond donors (Lipinski definition) is 1. The molecule has 0 spiro atoms. The number of aryl methyl sites for hydroxylation is 1. The molecule has 0 bridgehead atoms. The van der Waals surface area contributed by atoms with E-state index in [1.807, 2.05) is 37.3 Å². The molecular weight excluding hydrogens is 346 g/mol. The fourth-order valence-electron chi connectivity index (χ4n) is 3.97. The third kappa shape index (κ3) is 2.72. The molecule has 0 aliphatic rings. The smallest absolute Gasteiger partial charge is 0.336 e. The summed E-state index contributed by atoms with van der Waals surface area (Å²) in [6.07, 6.45) is 0.775. The molecule has 0 unspecified atom stereocenters. The highest BCUT2D eigenvalue weighted by atomic mass is 16.4. The number of hydrogen-bond acceptors (Lipinski definition) is 2. The molecule has 0 saturated heterocycles. The van der Waals surface area contributed by atoms with E-state index in [0.29, 0.717) is 5.58 Å². The molecule has 3 nitrogen and oxygen atoms in total. The predicted octanol–water partition coefficient (Wildman–Crippen LogP) is 5.84. The lowest BCUT2D eigenvalue weighted by molar-refractivity contribution is 0.563. The lowest BCUT2D eigenvalue weighted by Gasteiger charge is -2.07. The summed E-state index contributed by atoms with van der Waals surface area (Å²) in [5.41, 5.74) is 6.79. The monoisotopic (exact) mass is 365 g/mol. The molecule has 0 saturated carbocycles. The van der Waals surface area contributed by atoms with Crippen LogP contribution in [0.2, 0.25) is 0 Å². The van der Waals surface area contributed by atoms with Gasteiger partial charge in [0.15, 0.2) is 0 Å². The summed E-state index contributed by atoms with van der Waals surface area (Å²) < 4.78 is 5.71. The summed E-state index contributed by atoms with van der Waals surface area (Å²) in [7, 11) is 0. The number of aromatic amines is 1. The lowest BCUT2D eigenvalue weighted by Crippen LogP contribution is -1.98. The highest BCUT2D eigenvalue weighted by Crippen LogP contribution is 2.38. The van der Waals surface area contributed by atoms with Crippen LogP contribution in [0.5, 0.6) is 0 Å². The number of nitrogens with one attached hydrogen (secondary N) is 1. The van der Waals surface area contributed by atoms with Crippen molar-refractivity contribution >= 4 is 21.9 Å². The van der Waals surface area contributed by atoms with Gasteiger partial charge in [0.25, 0.3) is 0 Å². The molecule has 2 heterocycles. The first-order valence-corrected chi connectivity index (χ1v) is 9.38. The van der Waals surface area contributed by atoms with E-state index in [2.05, 4.69) is 47.4 Å². The topological polar surface area (TPSA) is 46.0 Å². The molecule has 3 heteroatoms. The lowest BCUT2D eigenvalue weighted by atomic mass is 9.97. The van der Waals surface area contributed by atoms with E-state index in [0.717, 1.165) is 45.1 Å². The average Bonchev–Trinajstić information content (AvgIpc) is 3.07. The number of H-pyrrole nitrogens is 1. The summed E-state index contributed by atoms with van der Waals surface area (Å²) in [5, 5.41) is 1.94. The second-order valence-corrected chi connectivity index (χ2v) is 7.12. The Balaban J connectivity index is 1.88. The molecule has 3 aromatic carbocycles. The Morgan fingerprint density at radius 2 is 1.61 bits per heavy atom. The molecule has 136 valence electrons. The van der Waals surface area contributed by atoms with Crippen LogP contribution >= 0.6 is 0 Å². The highest BCUT2D eigenvalue weighted by molar-refractivity contribution is 6.12. The van der Waals surface area contributed by atoms with E-state index < -0.39 is 0 Å². The van der Waals surface area contributed by atoms with Crippen molar-refractivity contribution in [3.8, 4) is 11.1 Å². The Bertz CT molecular complexity index is 1350. The molecule has 2 aromatic heterocycles. The van der Waals surface area contributed by atoms with Gasteiger partial charge in [0.05, 0.1) is 10.9 Å². The van der Waals surface area contributed by atoms with Crippen molar-refractivity contribution in [2.45, 2.75) is 13.3 Å². The summed E-state index contributed by atoms with van der Waals surface area (Å²) in [6.45, 7) is 1.95. The van der Waals surface area contributed by atoms with Gasteiger partial charge in [-0.2, -0.15) is 0 Å². The van der Waals surface area contributed by atoms with Gasteiger partial charge in [-0.05, 0) is 35.7 Å². The SMILES string of the molecule is Cc1cc(=O)oc2c1ccc1[nH]c(Cc3ccccc3)c(-c3ccccc3)c12. The molecule has 0 radical (unpaired) electrons. The maximum Gasteiger partial charge on any atom is 0.336 e. The summed E-state index contributed by atoms with van der Waals surface area (Å²) in [6, 6.07) is 26.3. The maximum atomic E-state index is 12.1. The Kier molecular flexibility index (Phi) is 3.87. The highest BCUT2D eigenvalue weighted by Gasteiger charge is 2.18. The first kappa shape index (κ1) is 16.6. The van der Waals surface area contributed by atoms with E-state index >= 15 is 0 Å². The maximum absolute atomic E-state index is 12.1. The van der Waals surface area contributed by atoms with Crippen LogP contribution in [-0.2, 0) is 6.42 Å². The molecule has 0 amide bonds. The van der Waals surface area contributed by atoms with Gasteiger partial charge >= 0.3 is 5.63 Å². The van der Waals surface area contributed by atoms with Gasteiger partial charge in [0.1, 0.15) is 5.58 Å². The first-order valence-electron chi connectivity index (χ1n) is 9.38. The molecule has 5 rings (SSSR count). The van der Waals surface area contributed by atoms with Crippen molar-refractivity contribution in [2.75, 3.05) is 0 Å². The third-order valence-corrected chi connectivity index (χ3v) is 5.24. The molecule has 5 aromatic rings. The zero-order valence-electron chi connectivity index (χ0n) is 15.5. The quantitative estimate of drug-likeness (QED) is 0.408. The number of fused-ring (bicyclic) bond motifs is 3. The van der Waals surface area contributed by atoms with Crippen molar-refractivity contribution < 1.29 is 4.42 Å². The first-order chi connectivity index (χ1) is 13.7. The van der Waals surface area contributed by atoms with Gasteiger partial charge < -0.3 is 9.40 Å². The van der Waals surface area contributed by atoms with Gasteiger partial charge in [0.2, 0.25) is 0 Å². The minimum atomic E-state index is -0.317. The Morgan fingerprint density at radius 1 is 0.893 bits per heavy atom. The molecule has 0 atom stereocenters. The molecule has 0 aliphatic heterocycles. The van der Waals surface area contributed by atoms with Crippen LogP contribution in [0.25, 0.3) is 33.0 Å². The van der Waals surface area contributed by atoms with Crippen LogP contribution in [0.3, 0.4) is 0 Å². The zero-order chi connectivity index (χ0) is 19.1. The van der Waals surface area contributed by atoms with Crippen molar-refractivity contribution in [2.24, 2.45) is 0 Å². The van der Waals surface area contributed by atoms with Crippen LogP contribution < -0.4 is 5.63 Å². The molecule has 1 N–H and O–H groups in total. The van der Waals surface area contributed by atoms with Gasteiger partial charge in [0, 0.05) is 29.1 Å². The Morgan fingerprint density at radius 3 is 2.36 bits per heavy atom. The van der Waals surface area contributed by atoms with Gasteiger partial charge in [-0.15, -0.1) is 0 Å². The van der Waals surface area contributed by atoms with E-state index in [9.17, 15) is 4.79 Å². The average molecular weight is 365 g/mol. The fourth-order valence-corrected chi connectivity index (χ4v) is 3.97. The van der Waals surface area contributed by atoms with Gasteiger partial charge in [-0.25, -0.2) is 4.79 Å². The van der Waals surface area contributed by atoms with E-state index in [4.69, 9.17) is 4.42 Å². The Hall–Kier alpha value is -3.59. The molecule has 0 fully saturated rings. The second-order valence-electron chi connectivity index (χ2n) is 7.12. The van der Waals surface area contributed by atoms with Crippen molar-refractivity contribution in [1.82, 2.24) is 4.98 Å². The van der Waals surface area contributed by atoms with Crippen LogP contribution in [0.15, 0.2) is 88.1 Å². The zero-order valence-corrected chi connectivity index (χ0v) is 15.5. The van der Waals surface area contributed by atoms with E-state index in [1.165, 1.54) is 5.56 Å². The Labute approximate surface area is 162 Å². The van der Waals surface area contributed by atoms with Crippen LogP contribution in [0, 0.1) is 6.92 Å². The van der Waals surface area contributed by atoms with Crippen LogP contribution in [0.1, 0.15) is 16.8 Å². The van der Waals surface area contributed by atoms with Crippen molar-refractivity contribution in [3.63, 3.8) is 0 Å². The fraction of sp³-hybridized carbons (Fsp3) is 0.0800. The predicted molar refractivity (Wildman–Crippen MR) is 114 cm³/mol. The summed E-state index contributed by atoms with van der Waals surface area (Å²) in [5.74, 6) is 0. The number of benzene rings is 3. The number of rotatable bonds is 3. The van der Waals surface area contributed by atoms with Gasteiger partial charge in [-0.3, -0.25) is 0 Å². The van der Waals surface area contributed by atoms with E-state index in [1.54, 1.807) is 6.07 Å². The molecule has 0 aliphatic carbocycles. The second kappa shape index (κ2) is 6.54. The largest absolute Gasteiger partial charge is 0.422 e.